The van der Waals surface area contributed by atoms with Gasteiger partial charge >= 0.3 is 0 Å². The maximum absolute atomic E-state index is 12.0. The molecule has 0 aliphatic carbocycles. The number of aromatic nitrogens is 4. The number of aryl methyl sites for hydroxylation is 2. The highest BCUT2D eigenvalue weighted by atomic mass is 32.2. The van der Waals surface area contributed by atoms with E-state index in [0.717, 1.165) is 16.9 Å². The van der Waals surface area contributed by atoms with Gasteiger partial charge in [-0.2, -0.15) is 0 Å². The molecule has 0 amide bonds. The minimum atomic E-state index is -0.0926. The standard InChI is InChI=1S/C18H16N4O3S2/c1-11-3-4-12(2)14(7-11)24-9-15-20-21-18(25-15)27-10-13-8-16(23)22-5-6-26-17(22)19-13/h3-8H,9-10H2,1-2H3. The van der Waals surface area contributed by atoms with Crippen molar-refractivity contribution in [3.8, 4) is 5.75 Å². The molecule has 3 aromatic heterocycles. The lowest BCUT2D eigenvalue weighted by atomic mass is 10.1. The Balaban J connectivity index is 1.39. The van der Waals surface area contributed by atoms with Gasteiger partial charge in [-0.1, -0.05) is 23.9 Å². The topological polar surface area (TPSA) is 82.5 Å². The van der Waals surface area contributed by atoms with E-state index in [4.69, 9.17) is 9.15 Å². The molecule has 0 saturated carbocycles. The van der Waals surface area contributed by atoms with Crippen LogP contribution in [0.25, 0.3) is 4.96 Å². The van der Waals surface area contributed by atoms with Gasteiger partial charge in [0.2, 0.25) is 0 Å². The van der Waals surface area contributed by atoms with Crippen LogP contribution in [0.15, 0.2) is 50.3 Å². The fraction of sp³-hybridized carbons (Fsp3) is 0.222. The molecule has 4 aromatic rings. The van der Waals surface area contributed by atoms with Crippen LogP contribution in [0.5, 0.6) is 5.75 Å². The molecule has 0 saturated heterocycles. The van der Waals surface area contributed by atoms with Crippen LogP contribution >= 0.6 is 23.1 Å². The van der Waals surface area contributed by atoms with Crippen molar-refractivity contribution in [3.05, 3.63) is 68.9 Å². The summed E-state index contributed by atoms with van der Waals surface area (Å²) in [5.74, 6) is 1.68. The second kappa shape index (κ2) is 7.53. The molecule has 4 rings (SSSR count). The average molecular weight is 400 g/mol. The van der Waals surface area contributed by atoms with Crippen molar-refractivity contribution in [2.75, 3.05) is 0 Å². The van der Waals surface area contributed by atoms with Crippen LogP contribution in [0.1, 0.15) is 22.7 Å². The maximum Gasteiger partial charge on any atom is 0.277 e. The number of nitrogens with zero attached hydrogens (tertiary/aromatic N) is 4. The van der Waals surface area contributed by atoms with Gasteiger partial charge in [-0.3, -0.25) is 9.20 Å². The molecule has 0 bridgehead atoms. The van der Waals surface area contributed by atoms with Crippen LogP contribution in [0, 0.1) is 13.8 Å². The van der Waals surface area contributed by atoms with Gasteiger partial charge in [0.15, 0.2) is 11.6 Å². The first-order valence-electron chi connectivity index (χ1n) is 8.19. The SMILES string of the molecule is Cc1ccc(C)c(OCc2nnc(SCc3cc(=O)n4ccsc4n3)o2)c1. The Labute approximate surface area is 163 Å². The summed E-state index contributed by atoms with van der Waals surface area (Å²) in [5, 5.41) is 10.3. The van der Waals surface area contributed by atoms with E-state index < -0.39 is 0 Å². The number of hydrogen-bond acceptors (Lipinski definition) is 8. The van der Waals surface area contributed by atoms with Gasteiger partial charge in [0, 0.05) is 23.4 Å². The van der Waals surface area contributed by atoms with E-state index in [-0.39, 0.29) is 12.2 Å². The third-order valence-electron chi connectivity index (χ3n) is 3.84. The van der Waals surface area contributed by atoms with Crippen molar-refractivity contribution < 1.29 is 9.15 Å². The van der Waals surface area contributed by atoms with Gasteiger partial charge in [-0.05, 0) is 31.0 Å². The fourth-order valence-electron chi connectivity index (χ4n) is 2.45. The zero-order valence-electron chi connectivity index (χ0n) is 14.7. The van der Waals surface area contributed by atoms with Gasteiger partial charge in [-0.25, -0.2) is 4.98 Å². The average Bonchev–Trinajstić information content (AvgIpc) is 3.30. The molecule has 138 valence electrons. The molecule has 0 unspecified atom stereocenters. The van der Waals surface area contributed by atoms with Crippen LogP contribution in [0.4, 0.5) is 0 Å². The molecule has 0 aliphatic heterocycles. The van der Waals surface area contributed by atoms with E-state index >= 15 is 0 Å². The summed E-state index contributed by atoms with van der Waals surface area (Å²) in [4.78, 5) is 17.1. The van der Waals surface area contributed by atoms with Crippen molar-refractivity contribution in [2.24, 2.45) is 0 Å². The van der Waals surface area contributed by atoms with E-state index in [1.54, 1.807) is 6.20 Å². The lowest BCUT2D eigenvalue weighted by Crippen LogP contribution is -2.12. The third kappa shape index (κ3) is 4.04. The van der Waals surface area contributed by atoms with Gasteiger partial charge in [-0.15, -0.1) is 21.5 Å². The van der Waals surface area contributed by atoms with Gasteiger partial charge in [0.1, 0.15) is 5.75 Å². The molecule has 0 fully saturated rings. The van der Waals surface area contributed by atoms with Crippen molar-refractivity contribution in [2.45, 2.75) is 31.4 Å². The van der Waals surface area contributed by atoms with Crippen LogP contribution in [0.2, 0.25) is 0 Å². The number of thiazole rings is 1. The van der Waals surface area contributed by atoms with E-state index in [1.807, 2.05) is 37.4 Å². The zero-order chi connectivity index (χ0) is 18.8. The molecular weight excluding hydrogens is 384 g/mol. The van der Waals surface area contributed by atoms with Gasteiger partial charge < -0.3 is 9.15 Å². The molecule has 0 spiro atoms. The van der Waals surface area contributed by atoms with Gasteiger partial charge in [0.05, 0.1) is 5.69 Å². The summed E-state index contributed by atoms with van der Waals surface area (Å²) in [6.45, 7) is 4.21. The minimum absolute atomic E-state index is 0.0926. The number of fused-ring (bicyclic) bond motifs is 1. The van der Waals surface area contributed by atoms with Gasteiger partial charge in [0.25, 0.3) is 16.7 Å². The predicted molar refractivity (Wildman–Crippen MR) is 103 cm³/mol. The summed E-state index contributed by atoms with van der Waals surface area (Å²) in [6.07, 6.45) is 1.71. The second-order valence-corrected chi connectivity index (χ2v) is 7.75. The van der Waals surface area contributed by atoms with Crippen LogP contribution in [-0.4, -0.2) is 19.6 Å². The normalized spacial score (nSPS) is 11.2. The number of thioether (sulfide) groups is 1. The van der Waals surface area contributed by atoms with Crippen molar-refractivity contribution in [3.63, 3.8) is 0 Å². The predicted octanol–water partition coefficient (Wildman–Crippen LogP) is 3.63. The molecule has 0 radical (unpaired) electrons. The largest absolute Gasteiger partial charge is 0.484 e. The Hall–Kier alpha value is -2.65. The molecule has 27 heavy (non-hydrogen) atoms. The number of rotatable bonds is 6. The van der Waals surface area contributed by atoms with E-state index in [9.17, 15) is 4.79 Å². The number of ether oxygens (including phenoxy) is 1. The Morgan fingerprint density at radius 2 is 2.15 bits per heavy atom. The number of benzene rings is 1. The highest BCUT2D eigenvalue weighted by molar-refractivity contribution is 7.98. The second-order valence-electron chi connectivity index (χ2n) is 5.95. The minimum Gasteiger partial charge on any atom is -0.484 e. The van der Waals surface area contributed by atoms with Crippen molar-refractivity contribution >= 4 is 28.1 Å². The summed E-state index contributed by atoms with van der Waals surface area (Å²) in [7, 11) is 0. The monoisotopic (exact) mass is 400 g/mol. The summed E-state index contributed by atoms with van der Waals surface area (Å²) < 4.78 is 12.9. The van der Waals surface area contributed by atoms with Crippen molar-refractivity contribution in [1.29, 1.82) is 0 Å². The fourth-order valence-corrected chi connectivity index (χ4v) is 3.87. The summed E-state index contributed by atoms with van der Waals surface area (Å²) >= 11 is 2.76. The lowest BCUT2D eigenvalue weighted by Gasteiger charge is -2.07. The first-order valence-corrected chi connectivity index (χ1v) is 10.1. The molecule has 1 aromatic carbocycles. The van der Waals surface area contributed by atoms with Crippen LogP contribution in [-0.2, 0) is 12.4 Å². The molecule has 7 nitrogen and oxygen atoms in total. The highest BCUT2D eigenvalue weighted by Crippen LogP contribution is 2.23. The highest BCUT2D eigenvalue weighted by Gasteiger charge is 2.10. The number of hydrogen-bond donors (Lipinski definition) is 0. The molecule has 0 aliphatic rings. The van der Waals surface area contributed by atoms with Crippen molar-refractivity contribution in [1.82, 2.24) is 19.6 Å². The third-order valence-corrected chi connectivity index (χ3v) is 5.45. The Kier molecular flexibility index (Phi) is 4.95. The smallest absolute Gasteiger partial charge is 0.277 e. The first-order chi connectivity index (χ1) is 13.1. The van der Waals surface area contributed by atoms with Crippen LogP contribution in [0.3, 0.4) is 0 Å². The van der Waals surface area contributed by atoms with E-state index in [0.29, 0.717) is 27.5 Å². The molecular formula is C18H16N4O3S2. The zero-order valence-corrected chi connectivity index (χ0v) is 16.3. The van der Waals surface area contributed by atoms with E-state index in [2.05, 4.69) is 15.2 Å². The lowest BCUT2D eigenvalue weighted by molar-refractivity contribution is 0.250. The quantitative estimate of drug-likeness (QED) is 0.457. The molecule has 0 N–H and O–H groups in total. The molecule has 9 heteroatoms. The summed E-state index contributed by atoms with van der Waals surface area (Å²) in [5.41, 5.74) is 2.77. The summed E-state index contributed by atoms with van der Waals surface area (Å²) in [6, 6.07) is 7.55. The Morgan fingerprint density at radius 1 is 1.26 bits per heavy atom. The maximum atomic E-state index is 12.0. The molecule has 0 atom stereocenters. The van der Waals surface area contributed by atoms with E-state index in [1.165, 1.54) is 33.6 Å². The first kappa shape index (κ1) is 17.7. The Morgan fingerprint density at radius 3 is 3.04 bits per heavy atom. The molecule has 3 heterocycles. The van der Waals surface area contributed by atoms with Crippen LogP contribution < -0.4 is 10.3 Å². The Bertz CT molecular complexity index is 1150.